The fourth-order valence-corrected chi connectivity index (χ4v) is 2.84. The third kappa shape index (κ3) is 5.44. The highest BCUT2D eigenvalue weighted by molar-refractivity contribution is 5.81. The van der Waals surface area contributed by atoms with Gasteiger partial charge in [-0.25, -0.2) is 0 Å². The second-order valence-electron chi connectivity index (χ2n) is 6.46. The maximum atomic E-state index is 12.0. The number of ether oxygens (including phenoxy) is 1. The first-order valence-electron chi connectivity index (χ1n) is 8.99. The van der Waals surface area contributed by atoms with Gasteiger partial charge < -0.3 is 19.5 Å². The lowest BCUT2D eigenvalue weighted by Gasteiger charge is -2.33. The number of piperidine rings is 1. The van der Waals surface area contributed by atoms with Gasteiger partial charge in [-0.1, -0.05) is 19.0 Å². The fourth-order valence-electron chi connectivity index (χ4n) is 2.84. The first-order valence-corrected chi connectivity index (χ1v) is 8.99. The standard InChI is InChI=1S/C17H29N5O3/c1-5-24-16(23)13-7-6-10-22(11-13)17(18-4)19-9-8-14-20-15(12(2)3)21-25-14/h12-13H,5-11H2,1-4H3,(H,18,19). The summed E-state index contributed by atoms with van der Waals surface area (Å²) in [5.41, 5.74) is 0. The average Bonchev–Trinajstić information content (AvgIpc) is 3.08. The molecule has 0 saturated carbocycles. The first kappa shape index (κ1) is 19.2. The smallest absolute Gasteiger partial charge is 0.310 e. The number of carbonyl (C=O) groups excluding carboxylic acids is 1. The molecule has 1 aliphatic heterocycles. The molecule has 1 aromatic rings. The number of rotatable bonds is 6. The predicted octanol–water partition coefficient (Wildman–Crippen LogP) is 1.59. The molecule has 0 aromatic carbocycles. The normalized spacial score (nSPS) is 18.5. The van der Waals surface area contributed by atoms with Gasteiger partial charge in [-0.15, -0.1) is 0 Å². The van der Waals surface area contributed by atoms with Gasteiger partial charge in [0.25, 0.3) is 0 Å². The van der Waals surface area contributed by atoms with Gasteiger partial charge in [0.05, 0.1) is 12.5 Å². The van der Waals surface area contributed by atoms with Crippen LogP contribution in [0.1, 0.15) is 51.2 Å². The summed E-state index contributed by atoms with van der Waals surface area (Å²) in [5, 5.41) is 7.28. The molecule has 1 aromatic heterocycles. The second-order valence-corrected chi connectivity index (χ2v) is 6.46. The molecule has 1 aliphatic rings. The van der Waals surface area contributed by atoms with Crippen LogP contribution in [0.2, 0.25) is 0 Å². The highest BCUT2D eigenvalue weighted by Crippen LogP contribution is 2.18. The van der Waals surface area contributed by atoms with Crippen LogP contribution in [-0.4, -0.2) is 60.3 Å². The molecule has 8 heteroatoms. The van der Waals surface area contributed by atoms with Crippen molar-refractivity contribution in [1.29, 1.82) is 0 Å². The maximum absolute atomic E-state index is 12.0. The summed E-state index contributed by atoms with van der Waals surface area (Å²) in [7, 11) is 1.75. The van der Waals surface area contributed by atoms with Crippen molar-refractivity contribution in [3.05, 3.63) is 11.7 Å². The number of hydrogen-bond acceptors (Lipinski definition) is 6. The molecule has 140 valence electrons. The molecule has 0 amide bonds. The molecule has 1 N–H and O–H groups in total. The molecule has 1 saturated heterocycles. The second kappa shape index (κ2) is 9.39. The Morgan fingerprint density at radius 1 is 1.52 bits per heavy atom. The molecule has 1 unspecified atom stereocenters. The number of guanidine groups is 1. The van der Waals surface area contributed by atoms with E-state index in [2.05, 4.69) is 25.3 Å². The zero-order chi connectivity index (χ0) is 18.2. The van der Waals surface area contributed by atoms with E-state index in [9.17, 15) is 4.79 Å². The lowest BCUT2D eigenvalue weighted by molar-refractivity contribution is -0.149. The van der Waals surface area contributed by atoms with Gasteiger partial charge in [-0.3, -0.25) is 9.79 Å². The summed E-state index contributed by atoms with van der Waals surface area (Å²) in [6.07, 6.45) is 2.45. The summed E-state index contributed by atoms with van der Waals surface area (Å²) in [4.78, 5) is 22.8. The van der Waals surface area contributed by atoms with Crippen LogP contribution in [0.25, 0.3) is 0 Å². The Bertz CT molecular complexity index is 585. The number of nitrogens with one attached hydrogen (secondary N) is 1. The van der Waals surface area contributed by atoms with Crippen molar-refractivity contribution >= 4 is 11.9 Å². The molecule has 1 fully saturated rings. The number of carbonyl (C=O) groups is 1. The Kier molecular flexibility index (Phi) is 7.21. The molecule has 0 radical (unpaired) electrons. The third-order valence-corrected chi connectivity index (χ3v) is 4.17. The molecule has 0 bridgehead atoms. The van der Waals surface area contributed by atoms with E-state index in [1.807, 2.05) is 20.8 Å². The van der Waals surface area contributed by atoms with Crippen LogP contribution in [-0.2, 0) is 16.0 Å². The van der Waals surface area contributed by atoms with E-state index in [1.165, 1.54) is 0 Å². The predicted molar refractivity (Wildman–Crippen MR) is 94.4 cm³/mol. The lowest BCUT2D eigenvalue weighted by atomic mass is 9.98. The van der Waals surface area contributed by atoms with E-state index >= 15 is 0 Å². The maximum Gasteiger partial charge on any atom is 0.310 e. The number of hydrogen-bond donors (Lipinski definition) is 1. The molecule has 0 aliphatic carbocycles. The number of aromatic nitrogens is 2. The lowest BCUT2D eigenvalue weighted by Crippen LogP contribution is -2.48. The highest BCUT2D eigenvalue weighted by atomic mass is 16.5. The Morgan fingerprint density at radius 2 is 2.32 bits per heavy atom. The highest BCUT2D eigenvalue weighted by Gasteiger charge is 2.28. The zero-order valence-electron chi connectivity index (χ0n) is 15.6. The van der Waals surface area contributed by atoms with Crippen LogP contribution in [0.4, 0.5) is 0 Å². The number of esters is 1. The van der Waals surface area contributed by atoms with E-state index in [0.717, 1.165) is 31.2 Å². The van der Waals surface area contributed by atoms with Crippen LogP contribution in [0.5, 0.6) is 0 Å². The van der Waals surface area contributed by atoms with E-state index in [0.29, 0.717) is 32.0 Å². The minimum Gasteiger partial charge on any atom is -0.466 e. The van der Waals surface area contributed by atoms with Crippen molar-refractivity contribution in [3.8, 4) is 0 Å². The van der Waals surface area contributed by atoms with Crippen molar-refractivity contribution in [1.82, 2.24) is 20.4 Å². The van der Waals surface area contributed by atoms with Gasteiger partial charge in [0.1, 0.15) is 0 Å². The quantitative estimate of drug-likeness (QED) is 0.472. The number of nitrogens with zero attached hydrogens (tertiary/aromatic N) is 4. The van der Waals surface area contributed by atoms with Crippen molar-refractivity contribution in [2.75, 3.05) is 33.3 Å². The van der Waals surface area contributed by atoms with E-state index in [1.54, 1.807) is 7.05 Å². The summed E-state index contributed by atoms with van der Waals surface area (Å²) in [6.45, 7) is 8.49. The van der Waals surface area contributed by atoms with Crippen molar-refractivity contribution < 1.29 is 14.1 Å². The summed E-state index contributed by atoms with van der Waals surface area (Å²) in [6, 6.07) is 0. The molecular weight excluding hydrogens is 322 g/mol. The van der Waals surface area contributed by atoms with Gasteiger partial charge in [0.2, 0.25) is 5.89 Å². The first-order chi connectivity index (χ1) is 12.0. The monoisotopic (exact) mass is 351 g/mol. The van der Waals surface area contributed by atoms with Gasteiger partial charge in [0, 0.05) is 39.0 Å². The fraction of sp³-hybridized carbons (Fsp3) is 0.765. The Hall–Kier alpha value is -2.12. The van der Waals surface area contributed by atoms with Crippen LogP contribution >= 0.6 is 0 Å². The summed E-state index contributed by atoms with van der Waals surface area (Å²) < 4.78 is 10.4. The molecule has 25 heavy (non-hydrogen) atoms. The summed E-state index contributed by atoms with van der Waals surface area (Å²) in [5.74, 6) is 2.19. The molecule has 0 spiro atoms. The minimum absolute atomic E-state index is 0.0863. The van der Waals surface area contributed by atoms with Crippen molar-refractivity contribution in [2.24, 2.45) is 10.9 Å². The molecule has 1 atom stereocenters. The zero-order valence-corrected chi connectivity index (χ0v) is 15.6. The van der Waals surface area contributed by atoms with E-state index < -0.39 is 0 Å². The van der Waals surface area contributed by atoms with Gasteiger partial charge in [-0.2, -0.15) is 4.98 Å². The average molecular weight is 351 g/mol. The van der Waals surface area contributed by atoms with E-state index in [-0.39, 0.29) is 17.8 Å². The van der Waals surface area contributed by atoms with Gasteiger partial charge >= 0.3 is 5.97 Å². The van der Waals surface area contributed by atoms with Crippen LogP contribution in [0.15, 0.2) is 9.52 Å². The Morgan fingerprint density at radius 3 is 2.96 bits per heavy atom. The van der Waals surface area contributed by atoms with Crippen LogP contribution in [0.3, 0.4) is 0 Å². The largest absolute Gasteiger partial charge is 0.466 e. The summed E-state index contributed by atoms with van der Waals surface area (Å²) >= 11 is 0. The molecule has 8 nitrogen and oxygen atoms in total. The van der Waals surface area contributed by atoms with Gasteiger partial charge in [0.15, 0.2) is 11.8 Å². The van der Waals surface area contributed by atoms with Gasteiger partial charge in [-0.05, 0) is 19.8 Å². The van der Waals surface area contributed by atoms with Crippen molar-refractivity contribution in [3.63, 3.8) is 0 Å². The Labute approximate surface area is 149 Å². The number of likely N-dealkylation sites (tertiary alicyclic amines) is 1. The SMILES string of the molecule is CCOC(=O)C1CCCN(C(=NC)NCCc2nc(C(C)C)no2)C1. The molecular formula is C17H29N5O3. The minimum atomic E-state index is -0.116. The van der Waals surface area contributed by atoms with Crippen LogP contribution in [0, 0.1) is 5.92 Å². The molecule has 2 heterocycles. The third-order valence-electron chi connectivity index (χ3n) is 4.17. The van der Waals surface area contributed by atoms with Crippen LogP contribution < -0.4 is 5.32 Å². The molecule has 2 rings (SSSR count). The van der Waals surface area contributed by atoms with E-state index in [4.69, 9.17) is 9.26 Å². The number of aliphatic imine (C=N–C) groups is 1. The topological polar surface area (TPSA) is 92.8 Å². The van der Waals surface area contributed by atoms with Crippen molar-refractivity contribution in [2.45, 2.75) is 46.0 Å². The Balaban J connectivity index is 1.83.